The van der Waals surface area contributed by atoms with Crippen LogP contribution >= 0.6 is 0 Å². The summed E-state index contributed by atoms with van der Waals surface area (Å²) in [6.45, 7) is -0.147. The molecule has 2 N–H and O–H groups in total. The molecule has 0 fully saturated rings. The molecule has 0 saturated heterocycles. The summed E-state index contributed by atoms with van der Waals surface area (Å²) >= 11 is 0. The van der Waals surface area contributed by atoms with Crippen LogP contribution in [0.25, 0.3) is 0 Å². The maximum absolute atomic E-state index is 11.6. The van der Waals surface area contributed by atoms with Gasteiger partial charge in [-0.25, -0.2) is 5.43 Å². The first kappa shape index (κ1) is 15.4. The molecule has 0 unspecified atom stereocenters. The van der Waals surface area contributed by atoms with Crippen LogP contribution in [0.3, 0.4) is 0 Å². The van der Waals surface area contributed by atoms with Crippen molar-refractivity contribution in [3.63, 3.8) is 0 Å². The summed E-state index contributed by atoms with van der Waals surface area (Å²) in [5, 5.41) is 13.6. The molecule has 1 amide bonds. The summed E-state index contributed by atoms with van der Waals surface area (Å²) < 4.78 is 10.3. The molecule has 0 aliphatic heterocycles. The van der Waals surface area contributed by atoms with Crippen LogP contribution in [0.15, 0.2) is 53.6 Å². The zero-order valence-corrected chi connectivity index (χ0v) is 12.0. The second-order valence-corrected chi connectivity index (χ2v) is 4.29. The fourth-order valence-electron chi connectivity index (χ4n) is 1.68. The number of ether oxygens (including phenoxy) is 2. The quantitative estimate of drug-likeness (QED) is 0.631. The summed E-state index contributed by atoms with van der Waals surface area (Å²) in [6, 6.07) is 14.0. The Morgan fingerprint density at radius 3 is 2.73 bits per heavy atom. The Morgan fingerprint density at radius 2 is 2.00 bits per heavy atom. The van der Waals surface area contributed by atoms with Gasteiger partial charge in [-0.15, -0.1) is 0 Å². The van der Waals surface area contributed by atoms with E-state index in [-0.39, 0.29) is 12.4 Å². The highest BCUT2D eigenvalue weighted by molar-refractivity contribution is 5.86. The summed E-state index contributed by atoms with van der Waals surface area (Å²) in [4.78, 5) is 11.6. The number of amides is 1. The predicted octanol–water partition coefficient (Wildman–Crippen LogP) is 1.93. The number of hydrazone groups is 1. The minimum absolute atomic E-state index is 0.0384. The van der Waals surface area contributed by atoms with Crippen molar-refractivity contribution in [2.24, 2.45) is 5.10 Å². The van der Waals surface area contributed by atoms with Gasteiger partial charge in [0.2, 0.25) is 0 Å². The molecule has 0 spiro atoms. The third-order valence-electron chi connectivity index (χ3n) is 2.76. The first-order valence-electron chi connectivity index (χ1n) is 6.56. The zero-order chi connectivity index (χ0) is 15.8. The van der Waals surface area contributed by atoms with Crippen molar-refractivity contribution in [1.82, 2.24) is 5.43 Å². The van der Waals surface area contributed by atoms with Crippen molar-refractivity contribution in [3.8, 4) is 17.2 Å². The van der Waals surface area contributed by atoms with Crippen LogP contribution in [-0.4, -0.2) is 30.9 Å². The van der Waals surface area contributed by atoms with E-state index in [4.69, 9.17) is 9.47 Å². The number of hydrogen-bond acceptors (Lipinski definition) is 5. The third kappa shape index (κ3) is 4.24. The standard InChI is InChI=1S/C16H16N2O4/c1-21-14-9-5-6-12(16(14)20)10-17-18-15(19)11-22-13-7-3-2-4-8-13/h2-10,20H,11H2,1H3,(H,18,19). The molecule has 0 bridgehead atoms. The number of aromatic hydroxyl groups is 1. The van der Waals surface area contributed by atoms with Gasteiger partial charge in [-0.2, -0.15) is 5.10 Å². The van der Waals surface area contributed by atoms with Crippen molar-refractivity contribution >= 4 is 12.1 Å². The van der Waals surface area contributed by atoms with Crippen molar-refractivity contribution in [3.05, 3.63) is 54.1 Å². The van der Waals surface area contributed by atoms with Crippen LogP contribution in [0.5, 0.6) is 17.2 Å². The van der Waals surface area contributed by atoms with Gasteiger partial charge in [0, 0.05) is 5.56 Å². The molecule has 0 saturated carbocycles. The number of para-hydroxylation sites is 2. The van der Waals surface area contributed by atoms with Crippen molar-refractivity contribution in [1.29, 1.82) is 0 Å². The van der Waals surface area contributed by atoms with Crippen molar-refractivity contribution in [2.75, 3.05) is 13.7 Å². The number of nitrogens with one attached hydrogen (secondary N) is 1. The first-order chi connectivity index (χ1) is 10.7. The van der Waals surface area contributed by atoms with Gasteiger partial charge in [-0.1, -0.05) is 24.3 Å². The van der Waals surface area contributed by atoms with Gasteiger partial charge in [0.05, 0.1) is 13.3 Å². The molecule has 6 nitrogen and oxygen atoms in total. The topological polar surface area (TPSA) is 80.2 Å². The lowest BCUT2D eigenvalue weighted by atomic mass is 10.2. The molecule has 0 radical (unpaired) electrons. The highest BCUT2D eigenvalue weighted by Gasteiger charge is 2.05. The number of nitrogens with zero attached hydrogens (tertiary/aromatic N) is 1. The van der Waals surface area contributed by atoms with Gasteiger partial charge >= 0.3 is 0 Å². The maximum Gasteiger partial charge on any atom is 0.277 e. The Kier molecular flexibility index (Phi) is 5.37. The summed E-state index contributed by atoms with van der Waals surface area (Å²) in [5.74, 6) is 0.501. The first-order valence-corrected chi connectivity index (χ1v) is 6.56. The monoisotopic (exact) mass is 300 g/mol. The summed E-state index contributed by atoms with van der Waals surface area (Å²) in [5.41, 5.74) is 2.75. The van der Waals surface area contributed by atoms with Crippen LogP contribution in [0.4, 0.5) is 0 Å². The van der Waals surface area contributed by atoms with Crippen molar-refractivity contribution < 1.29 is 19.4 Å². The lowest BCUT2D eigenvalue weighted by molar-refractivity contribution is -0.123. The Balaban J connectivity index is 1.86. The number of rotatable bonds is 6. The van der Waals surface area contributed by atoms with E-state index in [9.17, 15) is 9.90 Å². The minimum Gasteiger partial charge on any atom is -0.504 e. The van der Waals surface area contributed by atoms with Crippen LogP contribution in [0.1, 0.15) is 5.56 Å². The Bertz CT molecular complexity index is 656. The van der Waals surface area contributed by atoms with Gasteiger partial charge in [0.1, 0.15) is 5.75 Å². The van der Waals surface area contributed by atoms with Gasteiger partial charge in [-0.3, -0.25) is 4.79 Å². The molecule has 0 aliphatic carbocycles. The van der Waals surface area contributed by atoms with Gasteiger partial charge in [0.15, 0.2) is 18.1 Å². The van der Waals surface area contributed by atoms with Crippen LogP contribution in [-0.2, 0) is 4.79 Å². The predicted molar refractivity (Wildman–Crippen MR) is 82.3 cm³/mol. The molecule has 2 aromatic rings. The molecule has 6 heteroatoms. The van der Waals surface area contributed by atoms with Crippen LogP contribution in [0.2, 0.25) is 0 Å². The summed E-state index contributed by atoms with van der Waals surface area (Å²) in [7, 11) is 1.46. The molecule has 0 heterocycles. The second kappa shape index (κ2) is 7.68. The molecule has 2 rings (SSSR count). The number of methoxy groups -OCH3 is 1. The Labute approximate surface area is 128 Å². The van der Waals surface area contributed by atoms with Gasteiger partial charge in [-0.05, 0) is 24.3 Å². The molecule has 2 aromatic carbocycles. The normalized spacial score (nSPS) is 10.4. The highest BCUT2D eigenvalue weighted by atomic mass is 16.5. The number of hydrogen-bond donors (Lipinski definition) is 2. The fraction of sp³-hybridized carbons (Fsp3) is 0.125. The number of carbonyl (C=O) groups excluding carboxylic acids is 1. The largest absolute Gasteiger partial charge is 0.504 e. The smallest absolute Gasteiger partial charge is 0.277 e. The number of carbonyl (C=O) groups is 1. The lowest BCUT2D eigenvalue weighted by Crippen LogP contribution is -2.24. The molecule has 0 aliphatic rings. The molecule has 114 valence electrons. The van der Waals surface area contributed by atoms with E-state index in [0.29, 0.717) is 17.1 Å². The highest BCUT2D eigenvalue weighted by Crippen LogP contribution is 2.27. The van der Waals surface area contributed by atoms with E-state index >= 15 is 0 Å². The maximum atomic E-state index is 11.6. The second-order valence-electron chi connectivity index (χ2n) is 4.29. The molecular weight excluding hydrogens is 284 g/mol. The average molecular weight is 300 g/mol. The van der Waals surface area contributed by atoms with E-state index in [1.807, 2.05) is 18.2 Å². The molecule has 0 aromatic heterocycles. The number of phenols is 1. The Hall–Kier alpha value is -3.02. The fourth-order valence-corrected chi connectivity index (χ4v) is 1.68. The van der Waals surface area contributed by atoms with Gasteiger partial charge in [0.25, 0.3) is 5.91 Å². The molecule has 0 atom stereocenters. The minimum atomic E-state index is -0.400. The third-order valence-corrected chi connectivity index (χ3v) is 2.76. The van der Waals surface area contributed by atoms with E-state index in [1.165, 1.54) is 13.3 Å². The van der Waals surface area contributed by atoms with E-state index in [2.05, 4.69) is 10.5 Å². The van der Waals surface area contributed by atoms with Crippen LogP contribution in [0, 0.1) is 0 Å². The zero-order valence-electron chi connectivity index (χ0n) is 12.0. The van der Waals surface area contributed by atoms with Gasteiger partial charge < -0.3 is 14.6 Å². The molecule has 22 heavy (non-hydrogen) atoms. The number of phenolic OH excluding ortho intramolecular Hbond substituents is 1. The van der Waals surface area contributed by atoms with Crippen molar-refractivity contribution in [2.45, 2.75) is 0 Å². The molecular formula is C16H16N2O4. The Morgan fingerprint density at radius 1 is 1.23 bits per heavy atom. The summed E-state index contributed by atoms with van der Waals surface area (Å²) in [6.07, 6.45) is 1.33. The van der Waals surface area contributed by atoms with E-state index in [0.717, 1.165) is 0 Å². The van der Waals surface area contributed by atoms with E-state index in [1.54, 1.807) is 30.3 Å². The van der Waals surface area contributed by atoms with E-state index < -0.39 is 5.91 Å². The van der Waals surface area contributed by atoms with Crippen LogP contribution < -0.4 is 14.9 Å². The average Bonchev–Trinajstić information content (AvgIpc) is 2.55. The number of benzene rings is 2. The SMILES string of the molecule is COc1cccc(C=NNC(=O)COc2ccccc2)c1O. The lowest BCUT2D eigenvalue weighted by Gasteiger charge is -2.05.